The van der Waals surface area contributed by atoms with Crippen molar-refractivity contribution in [2.24, 2.45) is 0 Å². The van der Waals surface area contributed by atoms with Gasteiger partial charge in [-0.2, -0.15) is 0 Å². The van der Waals surface area contributed by atoms with Gasteiger partial charge in [0.05, 0.1) is 13.2 Å². The molecule has 50 valence electrons. The quantitative estimate of drug-likeness (QED) is 0.409. The Balaban J connectivity index is -0.0000000300. The Morgan fingerprint density at radius 2 is 1.20 bits per heavy atom. The zero-order chi connectivity index (χ0) is 6.99. The molecular formula is C3H6K2O5. The molecule has 0 saturated heterocycles. The molecule has 0 aromatic carbocycles. The summed E-state index contributed by atoms with van der Waals surface area (Å²) in [6.45, 7) is -0.250. The van der Waals surface area contributed by atoms with Crippen molar-refractivity contribution >= 4 is 6.16 Å². The first-order chi connectivity index (χ1) is 3.65. The smallest absolute Gasteiger partial charge is 0.652 e. The van der Waals surface area contributed by atoms with Crippen molar-refractivity contribution in [1.29, 1.82) is 0 Å². The van der Waals surface area contributed by atoms with Crippen molar-refractivity contribution in [2.45, 2.75) is 0 Å². The second-order valence-corrected chi connectivity index (χ2v) is 0.697. The van der Waals surface area contributed by atoms with Gasteiger partial charge in [0.2, 0.25) is 0 Å². The van der Waals surface area contributed by atoms with E-state index in [0.717, 1.165) is 0 Å². The molecule has 2 N–H and O–H groups in total. The van der Waals surface area contributed by atoms with E-state index in [4.69, 9.17) is 25.2 Å². The molecule has 0 bridgehead atoms. The molecule has 0 aliphatic rings. The molecule has 0 spiro atoms. The molecule has 0 saturated carbocycles. The maximum absolute atomic E-state index is 8.33. The molecule has 0 aromatic rings. The van der Waals surface area contributed by atoms with Crippen molar-refractivity contribution in [3.63, 3.8) is 0 Å². The van der Waals surface area contributed by atoms with E-state index in [0.29, 0.717) is 0 Å². The second kappa shape index (κ2) is 22.5. The van der Waals surface area contributed by atoms with Crippen LogP contribution in [0.4, 0.5) is 4.79 Å². The maximum Gasteiger partial charge on any atom is 1.00 e. The van der Waals surface area contributed by atoms with Crippen molar-refractivity contribution in [3.8, 4) is 0 Å². The summed E-state index contributed by atoms with van der Waals surface area (Å²) in [5.41, 5.74) is 0. The van der Waals surface area contributed by atoms with Gasteiger partial charge in [-0.05, 0) is 6.16 Å². The number of rotatable bonds is 1. The fourth-order valence-corrected chi connectivity index (χ4v) is 0. The van der Waals surface area contributed by atoms with Gasteiger partial charge in [0, 0.05) is 0 Å². The minimum absolute atomic E-state index is 0. The Bertz CT molecular complexity index is 52.9. The predicted molar refractivity (Wildman–Crippen MR) is 19.6 cm³/mol. The Labute approximate surface area is 144 Å². The van der Waals surface area contributed by atoms with Crippen LogP contribution >= 0.6 is 0 Å². The third-order valence-corrected chi connectivity index (χ3v) is 0.1000. The molecule has 0 rings (SSSR count). The van der Waals surface area contributed by atoms with Crippen LogP contribution in [0.15, 0.2) is 0 Å². The summed E-state index contributed by atoms with van der Waals surface area (Å²) < 4.78 is 0. The fourth-order valence-electron chi connectivity index (χ4n) is 0. The van der Waals surface area contributed by atoms with Gasteiger partial charge in [0.15, 0.2) is 0 Å². The Morgan fingerprint density at radius 3 is 1.20 bits per heavy atom. The SMILES string of the molecule is O=C([O-])[O-].OCCO.[K+].[K+]. The summed E-state index contributed by atoms with van der Waals surface area (Å²) in [4.78, 5) is 8.33. The van der Waals surface area contributed by atoms with Crippen LogP contribution in [0.3, 0.4) is 0 Å². The van der Waals surface area contributed by atoms with Gasteiger partial charge >= 0.3 is 103 Å². The Kier molecular flexibility index (Phi) is 51.5. The number of hydrogen-bond acceptors (Lipinski definition) is 5. The topological polar surface area (TPSA) is 104 Å². The average Bonchev–Trinajstić information content (AvgIpc) is 1.65. The van der Waals surface area contributed by atoms with Crippen LogP contribution in [-0.4, -0.2) is 29.6 Å². The fraction of sp³-hybridized carbons (Fsp3) is 0.667. The van der Waals surface area contributed by atoms with E-state index < -0.39 is 6.16 Å². The summed E-state index contributed by atoms with van der Waals surface area (Å²) in [7, 11) is 0. The zero-order valence-corrected chi connectivity index (χ0v) is 12.3. The van der Waals surface area contributed by atoms with Gasteiger partial charge in [-0.1, -0.05) is 0 Å². The standard InChI is InChI=1S/C2H6O2.CH2O3.2K/c3-1-2-4;2-1(3)4;;/h3-4H,1-2H2;(H2,2,3,4);;/q;;2*+1/p-2. The van der Waals surface area contributed by atoms with Crippen LogP contribution in [0.2, 0.25) is 0 Å². The molecule has 0 aliphatic carbocycles. The van der Waals surface area contributed by atoms with E-state index in [1.807, 2.05) is 0 Å². The number of aliphatic hydroxyl groups excluding tert-OH is 2. The van der Waals surface area contributed by atoms with Gasteiger partial charge in [-0.25, -0.2) is 0 Å². The van der Waals surface area contributed by atoms with Crippen LogP contribution < -0.4 is 113 Å². The van der Waals surface area contributed by atoms with E-state index >= 15 is 0 Å². The first kappa shape index (κ1) is 22.9. The summed E-state index contributed by atoms with van der Waals surface area (Å²) >= 11 is 0. The van der Waals surface area contributed by atoms with E-state index in [-0.39, 0.29) is 116 Å². The van der Waals surface area contributed by atoms with Crippen molar-refractivity contribution in [3.05, 3.63) is 0 Å². The van der Waals surface area contributed by atoms with Gasteiger partial charge in [-0.15, -0.1) is 0 Å². The largest absolute Gasteiger partial charge is 1.00 e. The molecule has 0 amide bonds. The van der Waals surface area contributed by atoms with Crippen molar-refractivity contribution in [2.75, 3.05) is 13.2 Å². The number of aliphatic hydroxyl groups is 2. The monoisotopic (exact) mass is 200 g/mol. The molecule has 5 nitrogen and oxygen atoms in total. The molecule has 0 unspecified atom stereocenters. The van der Waals surface area contributed by atoms with Gasteiger partial charge in [-0.3, -0.25) is 0 Å². The Morgan fingerprint density at radius 1 is 1.10 bits per heavy atom. The predicted octanol–water partition coefficient (Wildman–Crippen LogP) is -9.47. The first-order valence-corrected chi connectivity index (χ1v) is 1.74. The summed E-state index contributed by atoms with van der Waals surface area (Å²) in [6, 6.07) is 0. The molecule has 7 heteroatoms. The first-order valence-electron chi connectivity index (χ1n) is 1.74. The zero-order valence-electron chi connectivity index (χ0n) is 6.03. The van der Waals surface area contributed by atoms with E-state index in [2.05, 4.69) is 0 Å². The number of carboxylic acid groups (broad SMARTS) is 2. The van der Waals surface area contributed by atoms with Gasteiger partial charge in [0.1, 0.15) is 0 Å². The summed E-state index contributed by atoms with van der Waals surface area (Å²) in [6.07, 6.45) is -2.33. The number of carbonyl (C=O) groups is 1. The summed E-state index contributed by atoms with van der Waals surface area (Å²) in [5, 5.41) is 31.9. The van der Waals surface area contributed by atoms with Crippen LogP contribution in [-0.2, 0) is 0 Å². The van der Waals surface area contributed by atoms with E-state index in [1.54, 1.807) is 0 Å². The molecular weight excluding hydrogens is 194 g/mol. The summed E-state index contributed by atoms with van der Waals surface area (Å²) in [5.74, 6) is 0. The van der Waals surface area contributed by atoms with Crippen LogP contribution in [0.1, 0.15) is 0 Å². The van der Waals surface area contributed by atoms with Gasteiger partial charge < -0.3 is 25.2 Å². The normalized spacial score (nSPS) is 5.40. The molecule has 0 aliphatic heterocycles. The Hall–Kier alpha value is 2.46. The second-order valence-electron chi connectivity index (χ2n) is 0.697. The van der Waals surface area contributed by atoms with Crippen LogP contribution in [0, 0.1) is 0 Å². The molecule has 0 heterocycles. The van der Waals surface area contributed by atoms with Crippen LogP contribution in [0.5, 0.6) is 0 Å². The maximum atomic E-state index is 8.33. The van der Waals surface area contributed by atoms with E-state index in [9.17, 15) is 0 Å². The minimum atomic E-state index is -2.33. The molecule has 0 atom stereocenters. The number of hydrogen-bond donors (Lipinski definition) is 2. The molecule has 0 radical (unpaired) electrons. The third-order valence-electron chi connectivity index (χ3n) is 0.1000. The minimum Gasteiger partial charge on any atom is -0.652 e. The average molecular weight is 200 g/mol. The van der Waals surface area contributed by atoms with Crippen molar-refractivity contribution < 1.29 is 128 Å². The molecule has 10 heavy (non-hydrogen) atoms. The molecule has 0 aromatic heterocycles. The van der Waals surface area contributed by atoms with Gasteiger partial charge in [0.25, 0.3) is 0 Å². The number of carbonyl (C=O) groups excluding carboxylic acids is 1. The van der Waals surface area contributed by atoms with Crippen LogP contribution in [0.25, 0.3) is 0 Å². The van der Waals surface area contributed by atoms with E-state index in [1.165, 1.54) is 0 Å². The third kappa shape index (κ3) is 78.1. The molecule has 0 fully saturated rings. The van der Waals surface area contributed by atoms with Crippen molar-refractivity contribution in [1.82, 2.24) is 0 Å².